The van der Waals surface area contributed by atoms with Crippen molar-refractivity contribution in [2.45, 2.75) is 11.8 Å². The van der Waals surface area contributed by atoms with Crippen LogP contribution in [0, 0.1) is 0 Å². The van der Waals surface area contributed by atoms with E-state index < -0.39 is 0 Å². The van der Waals surface area contributed by atoms with E-state index in [9.17, 15) is 0 Å². The zero-order valence-electron chi connectivity index (χ0n) is 8.93. The van der Waals surface area contributed by atoms with Crippen LogP contribution in [0.5, 0.6) is 11.6 Å². The topological polar surface area (TPSA) is 22.1 Å². The number of aromatic nitrogens is 1. The molecular weight excluding hydrogens is 266 g/mol. The molecule has 0 amide bonds. The molecular formula is C13H12BrNO. The average molecular weight is 278 g/mol. The Balaban J connectivity index is 2.19. The monoisotopic (exact) mass is 277 g/mol. The molecule has 0 aliphatic heterocycles. The molecule has 0 aliphatic rings. The highest BCUT2D eigenvalue weighted by Gasteiger charge is 2.04. The van der Waals surface area contributed by atoms with Crippen LogP contribution in [0.2, 0.25) is 0 Å². The quantitative estimate of drug-likeness (QED) is 0.779. The summed E-state index contributed by atoms with van der Waals surface area (Å²) < 4.78 is 5.64. The molecule has 0 saturated heterocycles. The molecule has 1 aromatic carbocycles. The molecule has 82 valence electrons. The molecule has 0 aliphatic carbocycles. The van der Waals surface area contributed by atoms with Gasteiger partial charge in [-0.2, -0.15) is 0 Å². The second-order valence-electron chi connectivity index (χ2n) is 3.43. The zero-order valence-corrected chi connectivity index (χ0v) is 10.5. The molecule has 0 bridgehead atoms. The third-order valence-electron chi connectivity index (χ3n) is 2.12. The van der Waals surface area contributed by atoms with E-state index in [2.05, 4.69) is 20.9 Å². The number of benzene rings is 1. The first-order valence-corrected chi connectivity index (χ1v) is 6.01. The van der Waals surface area contributed by atoms with Gasteiger partial charge in [0.15, 0.2) is 0 Å². The molecule has 3 heteroatoms. The van der Waals surface area contributed by atoms with Crippen LogP contribution in [-0.2, 0) is 0 Å². The zero-order chi connectivity index (χ0) is 11.4. The number of rotatable bonds is 3. The molecule has 2 aromatic rings. The van der Waals surface area contributed by atoms with Crippen molar-refractivity contribution in [3.8, 4) is 11.6 Å². The third kappa shape index (κ3) is 2.83. The van der Waals surface area contributed by atoms with Crippen LogP contribution in [-0.4, -0.2) is 4.98 Å². The summed E-state index contributed by atoms with van der Waals surface area (Å²) in [6, 6.07) is 15.4. The number of pyridine rings is 1. The van der Waals surface area contributed by atoms with Gasteiger partial charge in [0.2, 0.25) is 5.88 Å². The number of alkyl halides is 1. The number of nitrogens with zero attached hydrogens (tertiary/aromatic N) is 1. The van der Waals surface area contributed by atoms with Crippen LogP contribution in [0.4, 0.5) is 0 Å². The molecule has 0 spiro atoms. The fourth-order valence-corrected chi connectivity index (χ4v) is 1.57. The van der Waals surface area contributed by atoms with Gasteiger partial charge in [-0.05, 0) is 25.1 Å². The maximum Gasteiger partial charge on any atom is 0.219 e. The normalized spacial score (nSPS) is 12.1. The summed E-state index contributed by atoms with van der Waals surface area (Å²) in [5, 5.41) is 0. The van der Waals surface area contributed by atoms with Gasteiger partial charge in [0.1, 0.15) is 5.75 Å². The minimum absolute atomic E-state index is 0.229. The Labute approximate surface area is 103 Å². The summed E-state index contributed by atoms with van der Waals surface area (Å²) in [5.74, 6) is 1.42. The van der Waals surface area contributed by atoms with Crippen LogP contribution < -0.4 is 4.74 Å². The van der Waals surface area contributed by atoms with Gasteiger partial charge in [-0.1, -0.05) is 40.2 Å². The SMILES string of the molecule is CC(Br)c1cccc(Oc2ccccc2)n1. The number of hydrogen-bond donors (Lipinski definition) is 0. The van der Waals surface area contributed by atoms with Crippen LogP contribution >= 0.6 is 15.9 Å². The van der Waals surface area contributed by atoms with Gasteiger partial charge < -0.3 is 4.74 Å². The highest BCUT2D eigenvalue weighted by Crippen LogP contribution is 2.24. The standard InChI is InChI=1S/C13H12BrNO/c1-10(14)12-8-5-9-13(15-12)16-11-6-3-2-4-7-11/h2-10H,1H3. The van der Waals surface area contributed by atoms with Gasteiger partial charge in [0.25, 0.3) is 0 Å². The summed E-state index contributed by atoms with van der Waals surface area (Å²) in [5.41, 5.74) is 0.966. The van der Waals surface area contributed by atoms with Crippen molar-refractivity contribution >= 4 is 15.9 Å². The summed E-state index contributed by atoms with van der Waals surface area (Å²) in [7, 11) is 0. The fourth-order valence-electron chi connectivity index (χ4n) is 1.32. The van der Waals surface area contributed by atoms with Gasteiger partial charge in [-0.3, -0.25) is 0 Å². The van der Waals surface area contributed by atoms with E-state index in [1.165, 1.54) is 0 Å². The van der Waals surface area contributed by atoms with Crippen molar-refractivity contribution in [3.63, 3.8) is 0 Å². The van der Waals surface area contributed by atoms with Gasteiger partial charge in [-0.25, -0.2) is 4.98 Å². The van der Waals surface area contributed by atoms with Crippen molar-refractivity contribution in [1.82, 2.24) is 4.98 Å². The van der Waals surface area contributed by atoms with Gasteiger partial charge in [0.05, 0.1) is 10.5 Å². The van der Waals surface area contributed by atoms with Crippen LogP contribution in [0.15, 0.2) is 48.5 Å². The molecule has 1 aromatic heterocycles. The van der Waals surface area contributed by atoms with Crippen LogP contribution in [0.3, 0.4) is 0 Å². The van der Waals surface area contributed by atoms with Crippen LogP contribution in [0.1, 0.15) is 17.4 Å². The van der Waals surface area contributed by atoms with E-state index in [4.69, 9.17) is 4.74 Å². The number of para-hydroxylation sites is 1. The molecule has 0 N–H and O–H groups in total. The van der Waals surface area contributed by atoms with Gasteiger partial charge in [-0.15, -0.1) is 0 Å². The predicted octanol–water partition coefficient (Wildman–Crippen LogP) is 4.33. The number of ether oxygens (including phenoxy) is 1. The Morgan fingerprint density at radius 3 is 2.50 bits per heavy atom. The third-order valence-corrected chi connectivity index (χ3v) is 2.59. The van der Waals surface area contributed by atoms with Crippen molar-refractivity contribution in [1.29, 1.82) is 0 Å². The second-order valence-corrected chi connectivity index (χ2v) is 4.81. The lowest BCUT2D eigenvalue weighted by atomic mass is 10.3. The molecule has 0 fully saturated rings. The minimum Gasteiger partial charge on any atom is -0.439 e. The summed E-state index contributed by atoms with van der Waals surface area (Å²) in [6.45, 7) is 2.04. The van der Waals surface area contributed by atoms with Crippen LogP contribution in [0.25, 0.3) is 0 Å². The smallest absolute Gasteiger partial charge is 0.219 e. The Hall–Kier alpha value is -1.35. The molecule has 1 atom stereocenters. The van der Waals surface area contributed by atoms with Crippen molar-refractivity contribution < 1.29 is 4.74 Å². The highest BCUT2D eigenvalue weighted by molar-refractivity contribution is 9.09. The van der Waals surface area contributed by atoms with E-state index in [1.54, 1.807) is 0 Å². The molecule has 0 saturated carbocycles. The Bertz CT molecular complexity index is 456. The maximum atomic E-state index is 5.64. The average Bonchev–Trinajstić information content (AvgIpc) is 2.30. The molecule has 2 nitrogen and oxygen atoms in total. The lowest BCUT2D eigenvalue weighted by molar-refractivity contribution is 0.461. The van der Waals surface area contributed by atoms with Gasteiger partial charge >= 0.3 is 0 Å². The molecule has 0 radical (unpaired) electrons. The van der Waals surface area contributed by atoms with E-state index in [1.807, 2.05) is 55.5 Å². The van der Waals surface area contributed by atoms with Gasteiger partial charge in [0, 0.05) is 6.07 Å². The lowest BCUT2D eigenvalue weighted by Crippen LogP contribution is -1.93. The first-order chi connectivity index (χ1) is 7.75. The Kier molecular flexibility index (Phi) is 3.57. The Morgan fingerprint density at radius 2 is 1.81 bits per heavy atom. The minimum atomic E-state index is 0.229. The Morgan fingerprint density at radius 1 is 1.06 bits per heavy atom. The summed E-state index contributed by atoms with van der Waals surface area (Å²) in [6.07, 6.45) is 0. The largest absolute Gasteiger partial charge is 0.439 e. The van der Waals surface area contributed by atoms with Crippen molar-refractivity contribution in [3.05, 3.63) is 54.2 Å². The summed E-state index contributed by atoms with van der Waals surface area (Å²) >= 11 is 3.48. The fraction of sp³-hybridized carbons (Fsp3) is 0.154. The number of halogens is 1. The van der Waals surface area contributed by atoms with Crippen molar-refractivity contribution in [2.75, 3.05) is 0 Å². The molecule has 2 rings (SSSR count). The lowest BCUT2D eigenvalue weighted by Gasteiger charge is -2.07. The molecule has 16 heavy (non-hydrogen) atoms. The van der Waals surface area contributed by atoms with E-state index >= 15 is 0 Å². The first kappa shape index (κ1) is 11.1. The van der Waals surface area contributed by atoms with E-state index in [-0.39, 0.29) is 4.83 Å². The second kappa shape index (κ2) is 5.12. The highest BCUT2D eigenvalue weighted by atomic mass is 79.9. The van der Waals surface area contributed by atoms with E-state index in [0.29, 0.717) is 5.88 Å². The maximum absolute atomic E-state index is 5.64. The summed E-state index contributed by atoms with van der Waals surface area (Å²) in [4.78, 5) is 4.63. The predicted molar refractivity (Wildman–Crippen MR) is 68.1 cm³/mol. The van der Waals surface area contributed by atoms with Crippen molar-refractivity contribution in [2.24, 2.45) is 0 Å². The van der Waals surface area contributed by atoms with E-state index in [0.717, 1.165) is 11.4 Å². The first-order valence-electron chi connectivity index (χ1n) is 5.09. The number of hydrogen-bond acceptors (Lipinski definition) is 2. The molecule has 1 heterocycles. The molecule has 1 unspecified atom stereocenters.